The Balaban J connectivity index is 2.26. The van der Waals surface area contributed by atoms with E-state index in [1.165, 1.54) is 5.54 Å². The largest absolute Gasteiger partial charge is 0.411 e. The van der Waals surface area contributed by atoms with Gasteiger partial charge in [0.2, 0.25) is 0 Å². The van der Waals surface area contributed by atoms with Crippen LogP contribution in [0.2, 0.25) is 0 Å². The van der Waals surface area contributed by atoms with Gasteiger partial charge in [-0.05, 0) is 0 Å². The fourth-order valence-electron chi connectivity index (χ4n) is 1.28. The number of rotatable bonds is 2. The third kappa shape index (κ3) is 2.83. The van der Waals surface area contributed by atoms with Crippen molar-refractivity contribution in [3.63, 3.8) is 0 Å². The molecule has 0 aromatic carbocycles. The predicted molar refractivity (Wildman–Crippen MR) is 49.9 cm³/mol. The monoisotopic (exact) mass is 188 g/mol. The molecule has 0 spiro atoms. The van der Waals surface area contributed by atoms with Crippen LogP contribution in [0.5, 0.6) is 0 Å². The maximum Gasteiger partial charge on any atom is 0.0596 e. The number of oxime groups is 1. The molecule has 1 fully saturated rings. The van der Waals surface area contributed by atoms with E-state index in [4.69, 9.17) is 16.8 Å². The maximum absolute atomic E-state index is 8.49. The second-order valence-corrected chi connectivity index (χ2v) is 3.08. The number of hydrogen-bond acceptors (Lipinski definition) is 3. The van der Waals surface area contributed by atoms with Crippen LogP contribution in [0.15, 0.2) is 16.8 Å². The lowest BCUT2D eigenvalue weighted by molar-refractivity contribution is 0.283. The molecule has 1 heterocycles. The van der Waals surface area contributed by atoms with Crippen molar-refractivity contribution in [2.45, 2.75) is 12.8 Å². The van der Waals surface area contributed by atoms with Gasteiger partial charge in [-0.1, -0.05) is 22.8 Å². The molecule has 0 amide bonds. The van der Waals surface area contributed by atoms with Gasteiger partial charge in [0.05, 0.1) is 5.71 Å². The minimum atomic E-state index is 0.868. The maximum atomic E-state index is 8.49. The Morgan fingerprint density at radius 3 is 2.67 bits per heavy atom. The minimum absolute atomic E-state index is 0.868. The summed E-state index contributed by atoms with van der Waals surface area (Å²) in [6.07, 6.45) is 3.65. The number of hydrogen-bond donors (Lipinski definition) is 1. The molecular formula is C8H13ClN2O. The summed E-state index contributed by atoms with van der Waals surface area (Å²) in [5.74, 6) is 0. The minimum Gasteiger partial charge on any atom is -0.411 e. The van der Waals surface area contributed by atoms with Crippen molar-refractivity contribution in [2.24, 2.45) is 5.16 Å². The molecule has 12 heavy (non-hydrogen) atoms. The average Bonchev–Trinajstić information content (AvgIpc) is 2.15. The number of halogens is 1. The van der Waals surface area contributed by atoms with Gasteiger partial charge in [-0.25, -0.2) is 0 Å². The first kappa shape index (κ1) is 9.55. The Kier molecular flexibility index (Phi) is 4.11. The Hall–Kier alpha value is -0.540. The van der Waals surface area contributed by atoms with Crippen molar-refractivity contribution in [1.29, 1.82) is 0 Å². The molecule has 68 valence electrons. The van der Waals surface area contributed by atoms with E-state index in [1.807, 2.05) is 6.08 Å². The second-order valence-electron chi connectivity index (χ2n) is 2.83. The van der Waals surface area contributed by atoms with Crippen molar-refractivity contribution < 1.29 is 5.21 Å². The van der Waals surface area contributed by atoms with Crippen LogP contribution in [0.1, 0.15) is 12.8 Å². The Morgan fingerprint density at radius 2 is 2.17 bits per heavy atom. The smallest absolute Gasteiger partial charge is 0.0596 e. The van der Waals surface area contributed by atoms with Crippen molar-refractivity contribution >= 4 is 17.3 Å². The summed E-state index contributed by atoms with van der Waals surface area (Å²) in [5.41, 5.74) is 2.44. The SMILES string of the molecule is ON=C1CCN(C/C=C/Cl)CC1. The summed E-state index contributed by atoms with van der Waals surface area (Å²) in [5, 5.41) is 11.7. The molecule has 0 radical (unpaired) electrons. The van der Waals surface area contributed by atoms with Gasteiger partial charge in [-0.15, -0.1) is 0 Å². The van der Waals surface area contributed by atoms with Gasteiger partial charge in [0.25, 0.3) is 0 Å². The van der Waals surface area contributed by atoms with Crippen LogP contribution in [0.25, 0.3) is 0 Å². The zero-order chi connectivity index (χ0) is 8.81. The highest BCUT2D eigenvalue weighted by molar-refractivity contribution is 6.25. The summed E-state index contributed by atoms with van der Waals surface area (Å²) in [6, 6.07) is 0. The van der Waals surface area contributed by atoms with Crippen molar-refractivity contribution in [3.05, 3.63) is 11.6 Å². The van der Waals surface area contributed by atoms with Crippen molar-refractivity contribution in [3.8, 4) is 0 Å². The summed E-state index contributed by atoms with van der Waals surface area (Å²) >= 11 is 5.41. The molecule has 0 bridgehead atoms. The molecule has 1 rings (SSSR count). The first-order valence-corrected chi connectivity index (χ1v) is 4.48. The van der Waals surface area contributed by atoms with Gasteiger partial charge in [-0.3, -0.25) is 4.90 Å². The highest BCUT2D eigenvalue weighted by atomic mass is 35.5. The molecule has 0 atom stereocenters. The lowest BCUT2D eigenvalue weighted by Crippen LogP contribution is -2.33. The number of nitrogens with zero attached hydrogens (tertiary/aromatic N) is 2. The van der Waals surface area contributed by atoms with E-state index >= 15 is 0 Å². The lowest BCUT2D eigenvalue weighted by atomic mass is 10.1. The lowest BCUT2D eigenvalue weighted by Gasteiger charge is -2.25. The second kappa shape index (κ2) is 5.17. The van der Waals surface area contributed by atoms with Gasteiger partial charge in [0.1, 0.15) is 0 Å². The van der Waals surface area contributed by atoms with E-state index in [-0.39, 0.29) is 0 Å². The summed E-state index contributed by atoms with van der Waals surface area (Å²) in [4.78, 5) is 2.27. The molecular weight excluding hydrogens is 176 g/mol. The van der Waals surface area contributed by atoms with Crippen LogP contribution < -0.4 is 0 Å². The van der Waals surface area contributed by atoms with E-state index in [2.05, 4.69) is 10.1 Å². The Morgan fingerprint density at radius 1 is 1.50 bits per heavy atom. The van der Waals surface area contributed by atoms with Crippen LogP contribution in [0, 0.1) is 0 Å². The standard InChI is InChI=1S/C8H13ClN2O/c9-4-1-5-11-6-2-8(10-12)3-7-11/h1,4,12H,2-3,5-7H2/b4-1+. The normalized spacial score (nSPS) is 20.2. The van der Waals surface area contributed by atoms with Gasteiger partial charge in [-0.2, -0.15) is 0 Å². The van der Waals surface area contributed by atoms with E-state index in [1.54, 1.807) is 0 Å². The van der Waals surface area contributed by atoms with Gasteiger partial charge in [0.15, 0.2) is 0 Å². The average molecular weight is 189 g/mol. The first-order valence-electron chi connectivity index (χ1n) is 4.04. The third-order valence-corrected chi connectivity index (χ3v) is 2.21. The first-order chi connectivity index (χ1) is 5.86. The number of piperidine rings is 1. The fourth-order valence-corrected chi connectivity index (χ4v) is 1.36. The number of likely N-dealkylation sites (tertiary alicyclic amines) is 1. The van der Waals surface area contributed by atoms with Gasteiger partial charge in [0, 0.05) is 38.0 Å². The third-order valence-electron chi connectivity index (χ3n) is 2.03. The fraction of sp³-hybridized carbons (Fsp3) is 0.625. The molecule has 0 saturated carbocycles. The van der Waals surface area contributed by atoms with E-state index in [9.17, 15) is 0 Å². The van der Waals surface area contributed by atoms with E-state index in [0.717, 1.165) is 38.2 Å². The molecule has 1 aliphatic rings. The molecule has 0 aromatic heterocycles. The molecule has 1 saturated heterocycles. The summed E-state index contributed by atoms with van der Waals surface area (Å²) < 4.78 is 0. The molecule has 0 aromatic rings. The molecule has 4 heteroatoms. The van der Waals surface area contributed by atoms with Crippen molar-refractivity contribution in [2.75, 3.05) is 19.6 Å². The summed E-state index contributed by atoms with van der Waals surface area (Å²) in [6.45, 7) is 2.81. The van der Waals surface area contributed by atoms with Crippen LogP contribution in [-0.4, -0.2) is 35.5 Å². The van der Waals surface area contributed by atoms with Gasteiger partial charge >= 0.3 is 0 Å². The van der Waals surface area contributed by atoms with Crippen LogP contribution in [-0.2, 0) is 0 Å². The highest BCUT2D eigenvalue weighted by Crippen LogP contribution is 2.06. The molecule has 1 aliphatic heterocycles. The van der Waals surface area contributed by atoms with Crippen LogP contribution in [0.3, 0.4) is 0 Å². The van der Waals surface area contributed by atoms with Gasteiger partial charge < -0.3 is 5.21 Å². The Bertz CT molecular complexity index is 181. The van der Waals surface area contributed by atoms with Crippen molar-refractivity contribution in [1.82, 2.24) is 4.90 Å². The molecule has 3 nitrogen and oxygen atoms in total. The van der Waals surface area contributed by atoms with E-state index < -0.39 is 0 Å². The quantitative estimate of drug-likeness (QED) is 0.529. The Labute approximate surface area is 77.3 Å². The molecule has 1 N–H and O–H groups in total. The highest BCUT2D eigenvalue weighted by Gasteiger charge is 2.13. The molecule has 0 unspecified atom stereocenters. The topological polar surface area (TPSA) is 35.8 Å². The van der Waals surface area contributed by atoms with Crippen LogP contribution >= 0.6 is 11.6 Å². The van der Waals surface area contributed by atoms with Crippen LogP contribution in [0.4, 0.5) is 0 Å². The zero-order valence-corrected chi connectivity index (χ0v) is 7.67. The predicted octanol–water partition coefficient (Wildman–Crippen LogP) is 1.66. The zero-order valence-electron chi connectivity index (χ0n) is 6.91. The summed E-state index contributed by atoms with van der Waals surface area (Å²) in [7, 11) is 0. The van der Waals surface area contributed by atoms with E-state index in [0.29, 0.717) is 0 Å². The molecule has 0 aliphatic carbocycles.